The van der Waals surface area contributed by atoms with Gasteiger partial charge in [-0.05, 0) is 77.1 Å². The number of benzene rings is 1. The molecule has 2 saturated heterocycles. The summed E-state index contributed by atoms with van der Waals surface area (Å²) in [5.74, 6) is -1.54. The first kappa shape index (κ1) is 31.4. The van der Waals surface area contributed by atoms with E-state index in [9.17, 15) is 14.7 Å². The molecular formula is C34H43FN4O6. The Morgan fingerprint density at radius 1 is 1.11 bits per heavy atom. The Bertz CT molecular complexity index is 1660. The lowest BCUT2D eigenvalue weighted by Crippen LogP contribution is -2.50. The van der Waals surface area contributed by atoms with Gasteiger partial charge in [-0.15, -0.1) is 0 Å². The Labute approximate surface area is 263 Å². The van der Waals surface area contributed by atoms with Crippen LogP contribution < -0.4 is 4.74 Å². The van der Waals surface area contributed by atoms with Crippen molar-refractivity contribution < 1.29 is 33.3 Å². The number of rotatable bonds is 6. The molecule has 3 aliphatic heterocycles. The summed E-state index contributed by atoms with van der Waals surface area (Å²) in [4.78, 5) is 36.1. The summed E-state index contributed by atoms with van der Waals surface area (Å²) in [6.45, 7) is 13.9. The van der Waals surface area contributed by atoms with Gasteiger partial charge in [0.15, 0.2) is 17.7 Å². The summed E-state index contributed by atoms with van der Waals surface area (Å²) in [6, 6.07) is 3.62. The number of pyridine rings is 1. The molecule has 3 aliphatic rings. The molecule has 0 bridgehead atoms. The lowest BCUT2D eigenvalue weighted by Gasteiger charge is -2.36. The molecule has 0 aliphatic carbocycles. The van der Waals surface area contributed by atoms with Crippen LogP contribution >= 0.6 is 0 Å². The molecule has 5 heterocycles. The number of aryl methyl sites for hydroxylation is 2. The summed E-state index contributed by atoms with van der Waals surface area (Å²) in [7, 11) is 1.80. The Hall–Kier alpha value is -3.54. The van der Waals surface area contributed by atoms with Gasteiger partial charge in [0.25, 0.3) is 5.91 Å². The minimum absolute atomic E-state index is 0.116. The average molecular weight is 623 g/mol. The topological polar surface area (TPSA) is 106 Å². The van der Waals surface area contributed by atoms with Gasteiger partial charge >= 0.3 is 5.97 Å². The summed E-state index contributed by atoms with van der Waals surface area (Å²) in [5.41, 5.74) is 3.60. The third-order valence-corrected chi connectivity index (χ3v) is 9.24. The molecule has 3 aromatic rings. The number of aromatic nitrogens is 2. The number of carbonyl (C=O) groups is 2. The lowest BCUT2D eigenvalue weighted by atomic mass is 9.86. The van der Waals surface area contributed by atoms with Crippen molar-refractivity contribution in [2.75, 3.05) is 46.0 Å². The van der Waals surface area contributed by atoms with E-state index in [1.54, 1.807) is 45.4 Å². The van der Waals surface area contributed by atoms with Crippen LogP contribution in [-0.4, -0.2) is 94.0 Å². The Balaban J connectivity index is 1.53. The van der Waals surface area contributed by atoms with Gasteiger partial charge in [-0.1, -0.05) is 0 Å². The first-order valence-electron chi connectivity index (χ1n) is 15.8. The van der Waals surface area contributed by atoms with Crippen molar-refractivity contribution in [2.24, 2.45) is 7.05 Å². The molecule has 1 amide bonds. The van der Waals surface area contributed by atoms with E-state index in [2.05, 4.69) is 4.90 Å². The van der Waals surface area contributed by atoms with Crippen LogP contribution in [0.25, 0.3) is 22.2 Å². The van der Waals surface area contributed by atoms with Gasteiger partial charge in [0.05, 0.1) is 31.5 Å². The van der Waals surface area contributed by atoms with Crippen LogP contribution in [0.3, 0.4) is 0 Å². The van der Waals surface area contributed by atoms with Crippen LogP contribution in [0.1, 0.15) is 72.6 Å². The van der Waals surface area contributed by atoms with E-state index >= 15 is 4.39 Å². The van der Waals surface area contributed by atoms with Gasteiger partial charge < -0.3 is 28.8 Å². The maximum atomic E-state index is 15.7. The third-order valence-electron chi connectivity index (χ3n) is 9.24. The van der Waals surface area contributed by atoms with Crippen molar-refractivity contribution in [2.45, 2.75) is 71.6 Å². The smallest absolute Gasteiger partial charge is 0.337 e. The zero-order valence-corrected chi connectivity index (χ0v) is 27.0. The maximum absolute atomic E-state index is 15.7. The Morgan fingerprint density at radius 3 is 2.53 bits per heavy atom. The second-order valence-electron chi connectivity index (χ2n) is 13.4. The van der Waals surface area contributed by atoms with E-state index in [1.807, 2.05) is 11.8 Å². The molecule has 2 fully saturated rings. The van der Waals surface area contributed by atoms with Crippen molar-refractivity contribution in [3.8, 4) is 16.9 Å². The number of halogens is 1. The van der Waals surface area contributed by atoms with E-state index in [-0.39, 0.29) is 11.7 Å². The molecule has 11 heteroatoms. The number of carboxylic acid groups (broad SMARTS) is 1. The molecule has 0 radical (unpaired) electrons. The highest BCUT2D eigenvalue weighted by atomic mass is 19.1. The maximum Gasteiger partial charge on any atom is 0.337 e. The monoisotopic (exact) mass is 622 g/mol. The molecule has 6 rings (SSSR count). The molecule has 1 N–H and O–H groups in total. The van der Waals surface area contributed by atoms with Gasteiger partial charge in [0.2, 0.25) is 0 Å². The fourth-order valence-corrected chi connectivity index (χ4v) is 6.88. The van der Waals surface area contributed by atoms with E-state index in [1.165, 1.54) is 6.07 Å². The fourth-order valence-electron chi connectivity index (χ4n) is 6.88. The van der Waals surface area contributed by atoms with E-state index in [0.717, 1.165) is 50.3 Å². The number of amides is 1. The predicted octanol–water partition coefficient (Wildman–Crippen LogP) is 4.81. The number of nitrogens with zero attached hydrogens (tertiary/aromatic N) is 4. The van der Waals surface area contributed by atoms with Gasteiger partial charge in [-0.2, -0.15) is 0 Å². The van der Waals surface area contributed by atoms with Crippen molar-refractivity contribution in [1.29, 1.82) is 0 Å². The highest BCUT2D eigenvalue weighted by Gasteiger charge is 2.36. The number of ether oxygens (including phenoxy) is 3. The number of hydrogen-bond donors (Lipinski definition) is 1. The molecule has 0 saturated carbocycles. The zero-order chi connectivity index (χ0) is 32.2. The van der Waals surface area contributed by atoms with Crippen molar-refractivity contribution in [3.05, 3.63) is 46.0 Å². The molecule has 0 spiro atoms. The van der Waals surface area contributed by atoms with Gasteiger partial charge in [-0.3, -0.25) is 9.69 Å². The minimum atomic E-state index is -1.38. The molecular weight excluding hydrogens is 579 g/mol. The Morgan fingerprint density at radius 2 is 1.87 bits per heavy atom. The first-order valence-corrected chi connectivity index (χ1v) is 15.8. The van der Waals surface area contributed by atoms with Crippen LogP contribution in [0.2, 0.25) is 0 Å². The summed E-state index contributed by atoms with van der Waals surface area (Å²) in [5, 5.41) is 11.1. The molecule has 1 aromatic carbocycles. The van der Waals surface area contributed by atoms with E-state index in [4.69, 9.17) is 19.2 Å². The van der Waals surface area contributed by atoms with Crippen molar-refractivity contribution in [3.63, 3.8) is 0 Å². The fraction of sp³-hybridized carbons (Fsp3) is 0.559. The summed E-state index contributed by atoms with van der Waals surface area (Å²) >= 11 is 0. The standard InChI is InChI=1S/C34H43FN4O6/c1-19-22-9-7-14-44-29(22)25(35)15-23(19)28-24-16-26(32(40)39-11-8-10-38(12-13-39)21-17-43-18-21)37(6)31(24)36-20(2)27(28)30(33(41)42)45-34(3,4)5/h15-16,21,30H,7-14,17-18H2,1-6H3,(H,41,42)/t30-/m0/s1. The average Bonchev–Trinajstić information content (AvgIpc) is 3.11. The SMILES string of the molecule is Cc1nc2c(cc(C(=O)N3CCCN(C4COC4)CC3)n2C)c(-c2cc(F)c3c(c2C)CCCO3)c1[C@H](OC(C)(C)C)C(=O)O. The first-order chi connectivity index (χ1) is 21.4. The van der Waals surface area contributed by atoms with Gasteiger partial charge in [0, 0.05) is 61.0 Å². The number of carboxylic acids is 1. The quantitative estimate of drug-likeness (QED) is 0.418. The van der Waals surface area contributed by atoms with Crippen LogP contribution in [-0.2, 0) is 27.7 Å². The normalized spacial score (nSPS) is 18.7. The molecule has 10 nitrogen and oxygen atoms in total. The highest BCUT2D eigenvalue weighted by molar-refractivity contribution is 6.04. The number of carbonyl (C=O) groups excluding carboxylic acids is 1. The molecule has 1 atom stereocenters. The lowest BCUT2D eigenvalue weighted by molar-refractivity contribution is -0.160. The Kier molecular flexibility index (Phi) is 8.38. The van der Waals surface area contributed by atoms with Crippen molar-refractivity contribution in [1.82, 2.24) is 19.4 Å². The van der Waals surface area contributed by atoms with E-state index < -0.39 is 23.5 Å². The minimum Gasteiger partial charge on any atom is -0.490 e. The summed E-state index contributed by atoms with van der Waals surface area (Å²) in [6.07, 6.45) is 0.883. The second-order valence-corrected chi connectivity index (χ2v) is 13.4. The zero-order valence-electron chi connectivity index (χ0n) is 27.0. The van der Waals surface area contributed by atoms with Crippen LogP contribution in [0, 0.1) is 19.7 Å². The van der Waals surface area contributed by atoms with Gasteiger partial charge in [-0.25, -0.2) is 14.2 Å². The summed E-state index contributed by atoms with van der Waals surface area (Å²) < 4.78 is 34.7. The van der Waals surface area contributed by atoms with Crippen molar-refractivity contribution >= 4 is 22.9 Å². The molecule has 2 aromatic heterocycles. The third kappa shape index (κ3) is 5.81. The number of fused-ring (bicyclic) bond motifs is 2. The highest BCUT2D eigenvalue weighted by Crippen LogP contribution is 2.45. The van der Waals surface area contributed by atoms with E-state index in [0.29, 0.717) is 71.3 Å². The van der Waals surface area contributed by atoms with Crippen LogP contribution in [0.4, 0.5) is 4.39 Å². The molecule has 242 valence electrons. The second kappa shape index (κ2) is 12.0. The number of hydrogen-bond acceptors (Lipinski definition) is 7. The largest absolute Gasteiger partial charge is 0.490 e. The van der Waals surface area contributed by atoms with Crippen LogP contribution in [0.15, 0.2) is 12.1 Å². The van der Waals surface area contributed by atoms with Gasteiger partial charge in [0.1, 0.15) is 11.3 Å². The predicted molar refractivity (Wildman–Crippen MR) is 167 cm³/mol. The number of aliphatic carboxylic acids is 1. The molecule has 45 heavy (non-hydrogen) atoms. The molecule has 0 unspecified atom stereocenters. The van der Waals surface area contributed by atoms with Crippen LogP contribution in [0.5, 0.6) is 5.75 Å².